The number of para-hydroxylation sites is 2. The van der Waals surface area contributed by atoms with Gasteiger partial charge >= 0.3 is 0 Å². The molecule has 0 saturated carbocycles. The number of nitrogens with zero attached hydrogens (tertiary/aromatic N) is 2. The molecule has 0 bridgehead atoms. The number of ether oxygens (including phenoxy) is 1. The molecular weight excluding hydrogens is 621 g/mol. The van der Waals surface area contributed by atoms with Crippen molar-refractivity contribution in [3.63, 3.8) is 0 Å². The van der Waals surface area contributed by atoms with Crippen LogP contribution in [0.4, 0.5) is 28.4 Å². The van der Waals surface area contributed by atoms with Crippen LogP contribution in [0.15, 0.2) is 158 Å². The van der Waals surface area contributed by atoms with Gasteiger partial charge < -0.3 is 14.5 Å². The van der Waals surface area contributed by atoms with E-state index in [1.807, 2.05) is 0 Å². The van der Waals surface area contributed by atoms with Crippen molar-refractivity contribution in [2.75, 3.05) is 9.80 Å². The molecule has 0 aromatic heterocycles. The second-order valence-corrected chi connectivity index (χ2v) is 14.0. The third-order valence-corrected chi connectivity index (χ3v) is 10.5. The summed E-state index contributed by atoms with van der Waals surface area (Å²) in [6, 6.07) is 55.0. The average molecular weight is 661 g/mol. The molecule has 0 spiro atoms. The van der Waals surface area contributed by atoms with E-state index in [9.17, 15) is 0 Å². The Balaban J connectivity index is 1.31. The molecule has 3 nitrogen and oxygen atoms in total. The molecule has 0 radical (unpaired) electrons. The molecule has 0 saturated heterocycles. The van der Waals surface area contributed by atoms with Crippen LogP contribution in [0, 0.1) is 27.7 Å². The normalized spacial score (nSPS) is 15.7. The minimum absolute atomic E-state index is 0.000753. The molecule has 1 aliphatic carbocycles. The van der Waals surface area contributed by atoms with Crippen molar-refractivity contribution in [2.24, 2.45) is 0 Å². The van der Waals surface area contributed by atoms with Gasteiger partial charge in [0, 0.05) is 56.1 Å². The number of anilines is 5. The summed E-state index contributed by atoms with van der Waals surface area (Å²) in [7, 11) is 0. The Bertz CT molecular complexity index is 2490. The summed E-state index contributed by atoms with van der Waals surface area (Å²) >= 11 is 0. The Hall–Kier alpha value is -6.06. The lowest BCUT2D eigenvalue weighted by Gasteiger charge is -2.35. The zero-order chi connectivity index (χ0) is 34.6. The van der Waals surface area contributed by atoms with Gasteiger partial charge in [0.2, 0.25) is 0 Å². The summed E-state index contributed by atoms with van der Waals surface area (Å²) in [6.07, 6.45) is 2.33. The molecule has 2 atom stereocenters. The molecule has 51 heavy (non-hydrogen) atoms. The molecule has 0 amide bonds. The maximum absolute atomic E-state index is 7.14. The van der Waals surface area contributed by atoms with Gasteiger partial charge in [-0.1, -0.05) is 109 Å². The summed E-state index contributed by atoms with van der Waals surface area (Å²) < 4.78 is 7.14. The standard InChI is InChI=1S/C48H40N2O/c1-31-15-13-19-35(27-31)49(43-25-11-5-17-33(43)3)45-29-41-42-30-46(50(36-20-14-16-32(2)28-36)44-26-12-6-18-34(44)4)38-22-8-10-24-40(38)48(42)51-47(41)39-23-9-7-21-37(39)45/h5-30,41,47H,1-4H3. The first-order valence-electron chi connectivity index (χ1n) is 17.8. The fourth-order valence-corrected chi connectivity index (χ4v) is 8.12. The Labute approximate surface area is 300 Å². The Morgan fingerprint density at radius 3 is 1.71 bits per heavy atom. The van der Waals surface area contributed by atoms with E-state index < -0.39 is 0 Å². The van der Waals surface area contributed by atoms with Gasteiger partial charge in [0.05, 0.1) is 11.4 Å². The third kappa shape index (κ3) is 5.20. The molecule has 248 valence electrons. The van der Waals surface area contributed by atoms with Crippen LogP contribution in [0.2, 0.25) is 0 Å². The van der Waals surface area contributed by atoms with Gasteiger partial charge in [-0.2, -0.15) is 0 Å². The predicted octanol–water partition coefficient (Wildman–Crippen LogP) is 13.0. The number of aryl methyl sites for hydroxylation is 4. The van der Waals surface area contributed by atoms with Crippen LogP contribution in [0.3, 0.4) is 0 Å². The van der Waals surface area contributed by atoms with Crippen molar-refractivity contribution < 1.29 is 4.74 Å². The Kier molecular flexibility index (Phi) is 7.51. The zero-order valence-electron chi connectivity index (χ0n) is 29.5. The van der Waals surface area contributed by atoms with Gasteiger partial charge in [-0.15, -0.1) is 0 Å². The highest BCUT2D eigenvalue weighted by Gasteiger charge is 2.42. The quantitative estimate of drug-likeness (QED) is 0.177. The molecule has 9 rings (SSSR count). The van der Waals surface area contributed by atoms with Gasteiger partial charge in [0.1, 0.15) is 11.9 Å². The third-order valence-electron chi connectivity index (χ3n) is 10.5. The van der Waals surface area contributed by atoms with Crippen LogP contribution in [-0.2, 0) is 0 Å². The van der Waals surface area contributed by atoms with Gasteiger partial charge in [-0.25, -0.2) is 0 Å². The van der Waals surface area contributed by atoms with Crippen LogP contribution in [0.25, 0.3) is 16.5 Å². The van der Waals surface area contributed by atoms with E-state index in [0.29, 0.717) is 0 Å². The molecule has 0 N–H and O–H groups in total. The van der Waals surface area contributed by atoms with Crippen LogP contribution < -0.4 is 14.5 Å². The first-order chi connectivity index (χ1) is 25.0. The van der Waals surface area contributed by atoms with Crippen molar-refractivity contribution >= 4 is 44.9 Å². The molecule has 7 aromatic rings. The second kappa shape index (κ2) is 12.4. The van der Waals surface area contributed by atoms with E-state index in [1.165, 1.54) is 61.4 Å². The van der Waals surface area contributed by atoms with Crippen LogP contribution in [0.1, 0.15) is 51.0 Å². The van der Waals surface area contributed by atoms with Crippen molar-refractivity contribution in [1.82, 2.24) is 0 Å². The van der Waals surface area contributed by atoms with E-state index in [4.69, 9.17) is 4.74 Å². The van der Waals surface area contributed by atoms with E-state index in [1.54, 1.807) is 0 Å². The molecule has 1 heterocycles. The van der Waals surface area contributed by atoms with Crippen LogP contribution in [-0.4, -0.2) is 0 Å². The Morgan fingerprint density at radius 2 is 1.04 bits per heavy atom. The number of hydrogen-bond donors (Lipinski definition) is 0. The minimum atomic E-state index is -0.138. The summed E-state index contributed by atoms with van der Waals surface area (Å²) in [6.45, 7) is 8.74. The fraction of sp³-hybridized carbons (Fsp3) is 0.125. The van der Waals surface area contributed by atoms with Crippen molar-refractivity contribution in [3.05, 3.63) is 197 Å². The zero-order valence-corrected chi connectivity index (χ0v) is 29.5. The molecule has 3 heteroatoms. The minimum Gasteiger partial charge on any atom is -0.484 e. The number of fused-ring (bicyclic) bond motifs is 7. The van der Waals surface area contributed by atoms with E-state index >= 15 is 0 Å². The lowest BCUT2D eigenvalue weighted by molar-refractivity contribution is 0.225. The number of rotatable bonds is 6. The Morgan fingerprint density at radius 1 is 0.471 bits per heavy atom. The van der Waals surface area contributed by atoms with Crippen molar-refractivity contribution in [2.45, 2.75) is 39.7 Å². The lowest BCUT2D eigenvalue weighted by Crippen LogP contribution is -2.24. The number of hydrogen-bond acceptors (Lipinski definition) is 3. The first kappa shape index (κ1) is 31.0. The molecule has 0 fully saturated rings. The van der Waals surface area contributed by atoms with Crippen molar-refractivity contribution in [1.29, 1.82) is 0 Å². The summed E-state index contributed by atoms with van der Waals surface area (Å²) in [5, 5.41) is 2.30. The number of benzene rings is 7. The maximum atomic E-state index is 7.14. The van der Waals surface area contributed by atoms with Gasteiger partial charge in [0.25, 0.3) is 0 Å². The second-order valence-electron chi connectivity index (χ2n) is 14.0. The lowest BCUT2D eigenvalue weighted by atomic mass is 9.81. The van der Waals surface area contributed by atoms with Crippen LogP contribution in [0.5, 0.6) is 5.75 Å². The summed E-state index contributed by atoms with van der Waals surface area (Å²) in [4.78, 5) is 4.88. The monoisotopic (exact) mass is 660 g/mol. The predicted molar refractivity (Wildman–Crippen MR) is 213 cm³/mol. The molecule has 1 aliphatic heterocycles. The highest BCUT2D eigenvalue weighted by atomic mass is 16.5. The average Bonchev–Trinajstić information content (AvgIpc) is 3.52. The highest BCUT2D eigenvalue weighted by Crippen LogP contribution is 2.57. The van der Waals surface area contributed by atoms with Gasteiger partial charge in [-0.3, -0.25) is 0 Å². The smallest absolute Gasteiger partial charge is 0.135 e. The first-order valence-corrected chi connectivity index (χ1v) is 17.8. The van der Waals surface area contributed by atoms with Crippen LogP contribution >= 0.6 is 0 Å². The SMILES string of the molecule is Cc1cccc(N(C2=CC3c4cc(N(c5cccc(C)c5)c5ccccc5C)c5ccccc5c4OC3c3ccccc32)c2ccccc2C)c1. The highest BCUT2D eigenvalue weighted by molar-refractivity contribution is 6.04. The van der Waals surface area contributed by atoms with E-state index in [-0.39, 0.29) is 12.0 Å². The molecule has 7 aromatic carbocycles. The maximum Gasteiger partial charge on any atom is 0.135 e. The molecular formula is C48H40N2O. The van der Waals surface area contributed by atoms with Crippen molar-refractivity contribution in [3.8, 4) is 5.75 Å². The summed E-state index contributed by atoms with van der Waals surface area (Å²) in [5.74, 6) is 0.976. The largest absolute Gasteiger partial charge is 0.484 e. The molecule has 2 unspecified atom stereocenters. The van der Waals surface area contributed by atoms with Gasteiger partial charge in [-0.05, 0) is 98.5 Å². The van der Waals surface area contributed by atoms with Gasteiger partial charge in [0.15, 0.2) is 0 Å². The van der Waals surface area contributed by atoms with E-state index in [2.05, 4.69) is 195 Å². The fourth-order valence-electron chi connectivity index (χ4n) is 8.12. The topological polar surface area (TPSA) is 15.7 Å². The molecule has 2 aliphatic rings. The van der Waals surface area contributed by atoms with E-state index in [0.717, 1.165) is 28.2 Å². The summed E-state index contributed by atoms with van der Waals surface area (Å²) in [5.41, 5.74) is 15.5.